The molecule has 1 atom stereocenters. The molecule has 0 fully saturated rings. The molecule has 0 amide bonds. The first kappa shape index (κ1) is 30.0. The number of hydrogen-bond donors (Lipinski definition) is 1. The Morgan fingerprint density at radius 2 is 1.11 bits per heavy atom. The van der Waals surface area contributed by atoms with Crippen LogP contribution in [0.25, 0.3) is 16.7 Å². The van der Waals surface area contributed by atoms with E-state index in [2.05, 4.69) is 189 Å². The molecule has 0 radical (unpaired) electrons. The maximum Gasteiger partial charge on any atom is 0.0952 e. The van der Waals surface area contributed by atoms with Gasteiger partial charge in [-0.25, -0.2) is 5.84 Å². The topological polar surface area (TPSA) is 29.3 Å². The molecule has 2 nitrogen and oxygen atoms in total. The summed E-state index contributed by atoms with van der Waals surface area (Å²) in [6.07, 6.45) is 9.38. The fourth-order valence-corrected chi connectivity index (χ4v) is 6.97. The number of nitrogens with zero attached hydrogens (tertiary/aromatic N) is 1. The number of benzene rings is 6. The summed E-state index contributed by atoms with van der Waals surface area (Å²) >= 11 is 0. The summed E-state index contributed by atoms with van der Waals surface area (Å²) in [5, 5.41) is 1.93. The Kier molecular flexibility index (Phi) is 8.51. The standard InChI is InChI=1S/C45H38N2/c1-34-17-7-6-16-32-45(39-22-12-4-13-23-39,40-24-14-5-15-25-40)43-33-41(30-31-42(34)43)47(46)44(37-20-10-3-11-21-37)38-28-26-36(27-29-38)35-18-8-2-9-19-35/h2-31,33,44H,1,32,46H2/b16-6-,17-7-. The molecule has 0 saturated heterocycles. The zero-order valence-electron chi connectivity index (χ0n) is 26.4. The Hall–Kier alpha value is -5.70. The van der Waals surface area contributed by atoms with Gasteiger partial charge >= 0.3 is 0 Å². The van der Waals surface area contributed by atoms with Gasteiger partial charge in [-0.05, 0) is 68.6 Å². The number of hydrogen-bond acceptors (Lipinski definition) is 2. The molecule has 1 unspecified atom stereocenters. The van der Waals surface area contributed by atoms with Gasteiger partial charge in [0.2, 0.25) is 0 Å². The zero-order valence-corrected chi connectivity index (χ0v) is 26.4. The van der Waals surface area contributed by atoms with Gasteiger partial charge in [0.25, 0.3) is 0 Å². The van der Waals surface area contributed by atoms with Crippen LogP contribution in [0.15, 0.2) is 195 Å². The SMILES string of the molecule is C=C1/C=C\C=C/CC(c2ccccc2)(c2ccccc2)c2cc(N(N)C(c3ccccc3)c3ccc(-c4ccccc4)cc3)ccc21. The zero-order chi connectivity index (χ0) is 32.1. The Morgan fingerprint density at radius 3 is 1.72 bits per heavy atom. The van der Waals surface area contributed by atoms with Gasteiger partial charge in [0.1, 0.15) is 0 Å². The molecule has 6 aromatic carbocycles. The third kappa shape index (κ3) is 5.88. The van der Waals surface area contributed by atoms with Crippen molar-refractivity contribution in [3.63, 3.8) is 0 Å². The van der Waals surface area contributed by atoms with E-state index < -0.39 is 5.41 Å². The smallest absolute Gasteiger partial charge is 0.0952 e. The van der Waals surface area contributed by atoms with E-state index in [4.69, 9.17) is 5.84 Å². The van der Waals surface area contributed by atoms with E-state index in [1.54, 1.807) is 0 Å². The number of hydrazine groups is 1. The molecule has 0 spiro atoms. The fourth-order valence-electron chi connectivity index (χ4n) is 6.97. The minimum absolute atomic E-state index is 0.207. The highest BCUT2D eigenvalue weighted by molar-refractivity contribution is 5.79. The molecule has 0 aromatic heterocycles. The van der Waals surface area contributed by atoms with Crippen molar-refractivity contribution in [1.82, 2.24) is 0 Å². The van der Waals surface area contributed by atoms with Crippen molar-refractivity contribution in [2.75, 3.05) is 5.01 Å². The summed E-state index contributed by atoms with van der Waals surface area (Å²) in [6.45, 7) is 4.52. The predicted octanol–water partition coefficient (Wildman–Crippen LogP) is 10.7. The van der Waals surface area contributed by atoms with E-state index in [0.29, 0.717) is 0 Å². The lowest BCUT2D eigenvalue weighted by atomic mass is 9.65. The molecule has 6 aromatic rings. The van der Waals surface area contributed by atoms with E-state index in [-0.39, 0.29) is 6.04 Å². The second-order valence-corrected chi connectivity index (χ2v) is 12.1. The molecule has 1 aliphatic carbocycles. The summed E-state index contributed by atoms with van der Waals surface area (Å²) in [4.78, 5) is 0. The minimum Gasteiger partial charge on any atom is -0.299 e. The first-order valence-electron chi connectivity index (χ1n) is 16.2. The second-order valence-electron chi connectivity index (χ2n) is 12.1. The van der Waals surface area contributed by atoms with Crippen LogP contribution in [0, 0.1) is 0 Å². The number of rotatable bonds is 7. The van der Waals surface area contributed by atoms with Crippen LogP contribution in [0.3, 0.4) is 0 Å². The minimum atomic E-state index is -0.472. The first-order chi connectivity index (χ1) is 23.1. The van der Waals surface area contributed by atoms with E-state index in [9.17, 15) is 0 Å². The predicted molar refractivity (Wildman–Crippen MR) is 198 cm³/mol. The van der Waals surface area contributed by atoms with Crippen molar-refractivity contribution >= 4 is 11.3 Å². The lowest BCUT2D eigenvalue weighted by Gasteiger charge is -2.38. The lowest BCUT2D eigenvalue weighted by Crippen LogP contribution is -2.37. The quantitative estimate of drug-likeness (QED) is 0.145. The molecule has 0 heterocycles. The van der Waals surface area contributed by atoms with Crippen molar-refractivity contribution < 1.29 is 0 Å². The molecule has 0 aliphatic heterocycles. The summed E-state index contributed by atoms with van der Waals surface area (Å²) in [5.41, 5.74) is 10.8. The molecule has 47 heavy (non-hydrogen) atoms. The second kappa shape index (κ2) is 13.3. The highest BCUT2D eigenvalue weighted by atomic mass is 15.4. The number of anilines is 1. The number of allylic oxidation sites excluding steroid dienone is 5. The van der Waals surface area contributed by atoms with Crippen molar-refractivity contribution in [1.29, 1.82) is 0 Å². The first-order valence-corrected chi connectivity index (χ1v) is 16.2. The summed E-state index contributed by atoms with van der Waals surface area (Å²) in [5.74, 6) is 7.27. The van der Waals surface area contributed by atoms with E-state index in [1.807, 2.05) is 11.1 Å². The highest BCUT2D eigenvalue weighted by Gasteiger charge is 2.38. The van der Waals surface area contributed by atoms with Crippen LogP contribution in [0.1, 0.15) is 45.8 Å². The normalized spacial score (nSPS) is 15.7. The van der Waals surface area contributed by atoms with Crippen molar-refractivity contribution in [3.05, 3.63) is 228 Å². The van der Waals surface area contributed by atoms with Gasteiger partial charge in [-0.15, -0.1) is 0 Å². The summed E-state index contributed by atoms with van der Waals surface area (Å²) in [6, 6.07) is 57.9. The third-order valence-corrected chi connectivity index (χ3v) is 9.34. The summed E-state index contributed by atoms with van der Waals surface area (Å²) < 4.78 is 0. The largest absolute Gasteiger partial charge is 0.299 e. The van der Waals surface area contributed by atoms with Crippen LogP contribution in [0.2, 0.25) is 0 Å². The van der Waals surface area contributed by atoms with Gasteiger partial charge in [0, 0.05) is 5.41 Å². The Morgan fingerprint density at radius 1 is 0.574 bits per heavy atom. The maximum absolute atomic E-state index is 7.27. The average Bonchev–Trinajstić information content (AvgIpc) is 3.21. The molecule has 2 N–H and O–H groups in total. The van der Waals surface area contributed by atoms with Crippen LogP contribution < -0.4 is 10.9 Å². The molecule has 1 aliphatic rings. The van der Waals surface area contributed by atoms with Crippen LogP contribution in [-0.4, -0.2) is 0 Å². The van der Waals surface area contributed by atoms with E-state index in [0.717, 1.165) is 34.4 Å². The molecular weight excluding hydrogens is 569 g/mol. The van der Waals surface area contributed by atoms with Crippen molar-refractivity contribution in [2.45, 2.75) is 17.9 Å². The van der Waals surface area contributed by atoms with E-state index >= 15 is 0 Å². The van der Waals surface area contributed by atoms with Gasteiger partial charge in [-0.3, -0.25) is 5.01 Å². The van der Waals surface area contributed by atoms with Crippen molar-refractivity contribution in [2.24, 2.45) is 5.84 Å². The van der Waals surface area contributed by atoms with Gasteiger partial charge < -0.3 is 0 Å². The van der Waals surface area contributed by atoms with Crippen LogP contribution in [-0.2, 0) is 5.41 Å². The third-order valence-electron chi connectivity index (χ3n) is 9.34. The maximum atomic E-state index is 7.27. The van der Waals surface area contributed by atoms with Crippen LogP contribution in [0.5, 0.6) is 0 Å². The molecule has 228 valence electrons. The van der Waals surface area contributed by atoms with Crippen LogP contribution in [0.4, 0.5) is 5.69 Å². The Bertz CT molecular complexity index is 1970. The summed E-state index contributed by atoms with van der Waals surface area (Å²) in [7, 11) is 0. The average molecular weight is 607 g/mol. The van der Waals surface area contributed by atoms with Crippen LogP contribution >= 0.6 is 0 Å². The fraction of sp³-hybridized carbons (Fsp3) is 0.0667. The van der Waals surface area contributed by atoms with Gasteiger partial charge in [0.05, 0.1) is 11.7 Å². The molecular formula is C45H38N2. The van der Waals surface area contributed by atoms with Gasteiger partial charge in [0.15, 0.2) is 0 Å². The molecule has 2 heteroatoms. The van der Waals surface area contributed by atoms with Gasteiger partial charge in [-0.1, -0.05) is 183 Å². The molecule has 0 bridgehead atoms. The monoisotopic (exact) mass is 606 g/mol. The number of nitrogens with two attached hydrogens (primary N) is 1. The highest BCUT2D eigenvalue weighted by Crippen LogP contribution is 2.47. The van der Waals surface area contributed by atoms with Crippen molar-refractivity contribution in [3.8, 4) is 11.1 Å². The molecule has 0 saturated carbocycles. The Balaban J connectivity index is 1.41. The van der Waals surface area contributed by atoms with Gasteiger partial charge in [-0.2, -0.15) is 0 Å². The molecule has 7 rings (SSSR count). The Labute approximate surface area is 278 Å². The number of fused-ring (bicyclic) bond motifs is 1. The van der Waals surface area contributed by atoms with E-state index in [1.165, 1.54) is 27.8 Å². The lowest BCUT2D eigenvalue weighted by molar-refractivity contribution is 0.624.